The van der Waals surface area contributed by atoms with Gasteiger partial charge in [0.15, 0.2) is 0 Å². The fraction of sp³-hybridized carbons (Fsp3) is 0.571. The van der Waals surface area contributed by atoms with Gasteiger partial charge in [0, 0.05) is 48.1 Å². The van der Waals surface area contributed by atoms with Crippen molar-refractivity contribution >= 4 is 22.2 Å². The number of nitriles is 1. The predicted molar refractivity (Wildman–Crippen MR) is 151 cm³/mol. The number of nitrogens with zero attached hydrogens (tertiary/aromatic N) is 6. The molecule has 0 amide bonds. The van der Waals surface area contributed by atoms with Crippen molar-refractivity contribution in [3.8, 4) is 23.5 Å². The van der Waals surface area contributed by atoms with E-state index in [0.717, 1.165) is 81.9 Å². The first kappa shape index (κ1) is 26.0. The van der Waals surface area contributed by atoms with Crippen molar-refractivity contribution in [3.05, 3.63) is 33.8 Å². The molecule has 3 N–H and O–H groups in total. The monoisotopic (exact) mass is 548 g/mol. The largest absolute Gasteiger partial charge is 0.474 e. The Morgan fingerprint density at radius 2 is 2.08 bits per heavy atom. The van der Waals surface area contributed by atoms with Crippen LogP contribution in [0.1, 0.15) is 61.2 Å². The number of hydrogen-bond acceptors (Lipinski definition) is 11. The Labute approximate surface area is 233 Å². The number of hydrogen-bond donors (Lipinski definition) is 2. The molecule has 39 heavy (non-hydrogen) atoms. The Morgan fingerprint density at radius 1 is 1.26 bits per heavy atom. The molecule has 3 aliphatic rings. The maximum atomic E-state index is 9.87. The summed E-state index contributed by atoms with van der Waals surface area (Å²) in [4.78, 5) is 15.6. The summed E-state index contributed by atoms with van der Waals surface area (Å²) in [5.74, 6) is 2.37. The van der Waals surface area contributed by atoms with Crippen molar-refractivity contribution in [3.63, 3.8) is 0 Å². The van der Waals surface area contributed by atoms with E-state index in [1.165, 1.54) is 16.2 Å². The number of nitrogen functional groups attached to an aromatic ring is 1. The number of nitrogens with two attached hydrogens (primary N) is 1. The topological polar surface area (TPSA) is 129 Å². The molecule has 0 bridgehead atoms. The fourth-order valence-electron chi connectivity index (χ4n) is 6.29. The molecule has 2 saturated heterocycles. The molecule has 5 heterocycles. The molecule has 10 nitrogen and oxygen atoms in total. The van der Waals surface area contributed by atoms with Crippen LogP contribution in [-0.4, -0.2) is 71.9 Å². The van der Waals surface area contributed by atoms with Crippen molar-refractivity contribution < 1.29 is 9.26 Å². The molecule has 11 heteroatoms. The number of ether oxygens (including phenoxy) is 1. The first-order valence-electron chi connectivity index (χ1n) is 13.9. The summed E-state index contributed by atoms with van der Waals surface area (Å²) in [5, 5.41) is 18.4. The molecule has 2 atom stereocenters. The van der Waals surface area contributed by atoms with Gasteiger partial charge < -0.3 is 30.1 Å². The maximum Gasteiger partial charge on any atom is 0.219 e. The third-order valence-corrected chi connectivity index (χ3v) is 9.51. The summed E-state index contributed by atoms with van der Waals surface area (Å²) >= 11 is 1.52. The van der Waals surface area contributed by atoms with Gasteiger partial charge in [0.2, 0.25) is 17.5 Å². The molecule has 3 aromatic heterocycles. The van der Waals surface area contributed by atoms with Gasteiger partial charge in [0.1, 0.15) is 23.0 Å². The van der Waals surface area contributed by atoms with Crippen LogP contribution >= 0.6 is 11.3 Å². The first-order valence-corrected chi connectivity index (χ1v) is 14.7. The van der Waals surface area contributed by atoms with Crippen molar-refractivity contribution in [1.29, 1.82) is 5.26 Å². The van der Waals surface area contributed by atoms with Gasteiger partial charge >= 0.3 is 0 Å². The second-order valence-electron chi connectivity index (χ2n) is 11.3. The van der Waals surface area contributed by atoms with Crippen molar-refractivity contribution in [1.82, 2.24) is 25.3 Å². The summed E-state index contributed by atoms with van der Waals surface area (Å²) < 4.78 is 12.3. The van der Waals surface area contributed by atoms with Crippen LogP contribution in [-0.2, 0) is 11.8 Å². The van der Waals surface area contributed by atoms with Gasteiger partial charge in [0.25, 0.3) is 0 Å². The second-order valence-corrected chi connectivity index (χ2v) is 12.4. The van der Waals surface area contributed by atoms with Crippen LogP contribution < -0.4 is 20.7 Å². The van der Waals surface area contributed by atoms with E-state index in [1.807, 2.05) is 12.1 Å². The van der Waals surface area contributed by atoms with Crippen LogP contribution in [0.25, 0.3) is 11.6 Å². The highest BCUT2D eigenvalue weighted by molar-refractivity contribution is 7.16. The average molecular weight is 549 g/mol. The Kier molecular flexibility index (Phi) is 6.95. The second kappa shape index (κ2) is 10.4. The summed E-state index contributed by atoms with van der Waals surface area (Å²) in [6.45, 7) is 9.03. The molecule has 3 aromatic rings. The van der Waals surface area contributed by atoms with Gasteiger partial charge in [-0.1, -0.05) is 5.16 Å². The van der Waals surface area contributed by atoms with Crippen LogP contribution in [0.15, 0.2) is 16.7 Å². The minimum atomic E-state index is -0.466. The number of thiophene rings is 1. The van der Waals surface area contributed by atoms with E-state index in [-0.39, 0.29) is 6.10 Å². The lowest BCUT2D eigenvalue weighted by Crippen LogP contribution is -2.50. The van der Waals surface area contributed by atoms with Gasteiger partial charge in [-0.25, -0.2) is 4.98 Å². The number of anilines is 2. The van der Waals surface area contributed by atoms with Crippen LogP contribution in [0.5, 0.6) is 5.88 Å². The average Bonchev–Trinajstić information content (AvgIpc) is 3.55. The standard InChI is InChI=1S/C28H36N8O2S/c1-17-16-35(3)11-12-36(17)23-14-24(37-18-6-9-31-10-7-18)33-27(32-23)20-13-22(34-38-20)28(2)8-4-5-21-25(28)19(15-29)26(30)39-21/h13-14,17-18,31H,4-12,16,30H2,1-3H3/t17-,28?/m0/s1. The number of likely N-dealkylation sites (N-methyl/N-ethyl adjacent to an activating group) is 1. The molecule has 206 valence electrons. The van der Waals surface area contributed by atoms with Gasteiger partial charge in [-0.2, -0.15) is 10.2 Å². The lowest BCUT2D eigenvalue weighted by atomic mass is 9.70. The molecule has 6 rings (SSSR count). The first-order chi connectivity index (χ1) is 18.9. The highest BCUT2D eigenvalue weighted by atomic mass is 32.1. The smallest absolute Gasteiger partial charge is 0.219 e. The summed E-state index contributed by atoms with van der Waals surface area (Å²) in [6.07, 6.45) is 4.79. The number of nitrogens with one attached hydrogen (secondary N) is 1. The van der Waals surface area contributed by atoms with Crippen molar-refractivity contribution in [2.24, 2.45) is 0 Å². The van der Waals surface area contributed by atoms with Crippen LogP contribution in [0, 0.1) is 11.3 Å². The van der Waals surface area contributed by atoms with Gasteiger partial charge in [-0.3, -0.25) is 0 Å². The lowest BCUT2D eigenvalue weighted by molar-refractivity contribution is 0.156. The van der Waals surface area contributed by atoms with E-state index >= 15 is 0 Å². The number of fused-ring (bicyclic) bond motifs is 1. The summed E-state index contributed by atoms with van der Waals surface area (Å²) in [7, 11) is 2.15. The van der Waals surface area contributed by atoms with Gasteiger partial charge in [0.05, 0.1) is 11.3 Å². The zero-order chi connectivity index (χ0) is 27.1. The third-order valence-electron chi connectivity index (χ3n) is 8.44. The number of rotatable bonds is 5. The number of aryl methyl sites for hydroxylation is 1. The zero-order valence-electron chi connectivity index (χ0n) is 22.9. The molecule has 1 aliphatic carbocycles. The van der Waals surface area contributed by atoms with Crippen molar-refractivity contribution in [2.75, 3.05) is 50.4 Å². The van der Waals surface area contributed by atoms with E-state index in [4.69, 9.17) is 25.0 Å². The highest BCUT2D eigenvalue weighted by Gasteiger charge is 2.41. The Balaban J connectivity index is 1.38. The SMILES string of the molecule is C[C@H]1CN(C)CCN1c1cc(OC2CCNCC2)nc(-c2cc(C3(C)CCCc4sc(N)c(C#N)c43)no2)n1. The normalized spacial score (nSPS) is 24.4. The molecule has 0 aromatic carbocycles. The molecular formula is C28H36N8O2S. The predicted octanol–water partition coefficient (Wildman–Crippen LogP) is 3.56. The molecular weight excluding hydrogens is 512 g/mol. The summed E-state index contributed by atoms with van der Waals surface area (Å²) in [5.41, 5.74) is 8.11. The zero-order valence-corrected chi connectivity index (χ0v) is 23.7. The maximum absolute atomic E-state index is 9.87. The van der Waals surface area contributed by atoms with Gasteiger partial charge in [-0.05, 0) is 71.7 Å². The molecule has 1 unspecified atom stereocenters. The Morgan fingerprint density at radius 3 is 2.85 bits per heavy atom. The van der Waals surface area contributed by atoms with E-state index in [1.54, 1.807) is 0 Å². The number of piperazine rings is 1. The van der Waals surface area contributed by atoms with Crippen molar-refractivity contribution in [2.45, 2.75) is 63.5 Å². The quantitative estimate of drug-likeness (QED) is 0.488. The highest BCUT2D eigenvalue weighted by Crippen LogP contribution is 2.49. The molecule has 0 spiro atoms. The van der Waals surface area contributed by atoms with Crippen LogP contribution in [0.3, 0.4) is 0 Å². The molecule has 0 radical (unpaired) electrons. The van der Waals surface area contributed by atoms with E-state index in [2.05, 4.69) is 47.2 Å². The van der Waals surface area contributed by atoms with Crippen LogP contribution in [0.4, 0.5) is 10.8 Å². The Hall–Kier alpha value is -3.20. The van der Waals surface area contributed by atoms with E-state index < -0.39 is 5.41 Å². The van der Waals surface area contributed by atoms with E-state index in [0.29, 0.717) is 34.1 Å². The Bertz CT molecular complexity index is 1390. The molecule has 0 saturated carbocycles. The number of aromatic nitrogens is 3. The minimum Gasteiger partial charge on any atom is -0.474 e. The van der Waals surface area contributed by atoms with Crippen LogP contribution in [0.2, 0.25) is 0 Å². The fourth-order valence-corrected chi connectivity index (χ4v) is 7.48. The van der Waals surface area contributed by atoms with Gasteiger partial charge in [-0.15, -0.1) is 11.3 Å². The minimum absolute atomic E-state index is 0.116. The lowest BCUT2D eigenvalue weighted by Gasteiger charge is -2.39. The third kappa shape index (κ3) is 4.86. The molecule has 2 fully saturated rings. The molecule has 2 aliphatic heterocycles. The number of piperidine rings is 1. The summed E-state index contributed by atoms with van der Waals surface area (Å²) in [6, 6.07) is 6.54. The van der Waals surface area contributed by atoms with E-state index in [9.17, 15) is 5.26 Å².